The molecule has 2 heterocycles. The Morgan fingerprint density at radius 1 is 1.09 bits per heavy atom. The Balaban J connectivity index is 0.00000812. The molecule has 1 saturated heterocycles. The van der Waals surface area contributed by atoms with Crippen molar-refractivity contribution in [2.75, 3.05) is 13.2 Å². The Hall–Kier alpha value is -3.95. The van der Waals surface area contributed by atoms with E-state index >= 15 is 0 Å². The maximum Gasteiger partial charge on any atom is 0.246 e. The van der Waals surface area contributed by atoms with E-state index in [4.69, 9.17) is 16.2 Å². The van der Waals surface area contributed by atoms with Gasteiger partial charge in [-0.05, 0) is 73.3 Å². The summed E-state index contributed by atoms with van der Waals surface area (Å²) in [5, 5.41) is 16.5. The number of aromatic nitrogens is 1. The van der Waals surface area contributed by atoms with E-state index in [0.717, 1.165) is 21.7 Å². The smallest absolute Gasteiger partial charge is 0.246 e. The third-order valence-electron chi connectivity index (χ3n) is 9.64. The summed E-state index contributed by atoms with van der Waals surface area (Å²) in [6, 6.07) is 10.3. The summed E-state index contributed by atoms with van der Waals surface area (Å²) in [5.41, 5.74) is 16.3. The number of aliphatic hydroxyl groups excluding tert-OH is 1. The van der Waals surface area contributed by atoms with E-state index in [9.17, 15) is 28.7 Å². The highest BCUT2D eigenvalue weighted by molar-refractivity contribution is 7.13. The first-order valence-corrected chi connectivity index (χ1v) is 19.4. The highest BCUT2D eigenvalue weighted by atomic mass is 35.5. The summed E-state index contributed by atoms with van der Waals surface area (Å²) in [7, 11) is 0. The number of amides is 4. The molecule has 0 aliphatic carbocycles. The van der Waals surface area contributed by atoms with Crippen LogP contribution in [0.4, 0.5) is 4.39 Å². The minimum absolute atomic E-state index is 0. The number of nitrogens with one attached hydrogen (secondary N) is 2. The number of carbonyl (C=O) groups excluding carboxylic acids is 4. The fraction of sp³-hybridized carbons (Fsp3) is 0.525. The van der Waals surface area contributed by atoms with Crippen molar-refractivity contribution in [2.45, 2.75) is 116 Å². The lowest BCUT2D eigenvalue weighted by Crippen LogP contribution is -2.57. The Morgan fingerprint density at radius 3 is 2.42 bits per heavy atom. The minimum atomic E-state index is -0.935. The van der Waals surface area contributed by atoms with Crippen molar-refractivity contribution in [3.8, 4) is 10.4 Å². The van der Waals surface area contributed by atoms with Crippen LogP contribution < -0.4 is 22.1 Å². The van der Waals surface area contributed by atoms with Gasteiger partial charge >= 0.3 is 0 Å². The highest BCUT2D eigenvalue weighted by Gasteiger charge is 2.44. The van der Waals surface area contributed by atoms with Crippen molar-refractivity contribution < 1.29 is 33.4 Å². The van der Waals surface area contributed by atoms with Gasteiger partial charge in [0.15, 0.2) is 0 Å². The first-order valence-electron chi connectivity index (χ1n) is 18.5. The van der Waals surface area contributed by atoms with E-state index in [-0.39, 0.29) is 81.1 Å². The fourth-order valence-electron chi connectivity index (χ4n) is 6.47. The van der Waals surface area contributed by atoms with Crippen LogP contribution in [0.1, 0.15) is 94.6 Å². The van der Waals surface area contributed by atoms with Gasteiger partial charge in [0, 0.05) is 31.8 Å². The van der Waals surface area contributed by atoms with Crippen LogP contribution in [0.15, 0.2) is 48.0 Å². The number of thiazole rings is 1. The van der Waals surface area contributed by atoms with Gasteiger partial charge in [0.1, 0.15) is 17.9 Å². The molecule has 302 valence electrons. The lowest BCUT2D eigenvalue weighted by atomic mass is 9.85. The summed E-state index contributed by atoms with van der Waals surface area (Å²) < 4.78 is 20.4. The van der Waals surface area contributed by atoms with E-state index in [1.54, 1.807) is 23.5 Å². The predicted molar refractivity (Wildman–Crippen MR) is 214 cm³/mol. The fourth-order valence-corrected chi connectivity index (χ4v) is 7.28. The van der Waals surface area contributed by atoms with Crippen LogP contribution in [-0.4, -0.2) is 76.0 Å². The SMILES string of the molecule is Cc1ncsc1-c1ccc([C@H](C)NC(=O)[C@@H]2C[C@@H](O)CN2C(=O)[C@@H](NC(=O)CCCCc2ccc(COC[C@@H](N)CCC(N)=O)cc2F)C(C)(C)C)cc1.Cl. The average Bonchev–Trinajstić information content (AvgIpc) is 3.73. The number of likely N-dealkylation sites (tertiary alicyclic amines) is 1. The summed E-state index contributed by atoms with van der Waals surface area (Å²) in [6.07, 6.45) is 1.40. The highest BCUT2D eigenvalue weighted by Crippen LogP contribution is 2.30. The van der Waals surface area contributed by atoms with E-state index in [1.807, 2.05) is 64.4 Å². The van der Waals surface area contributed by atoms with Gasteiger partial charge in [-0.2, -0.15) is 0 Å². The van der Waals surface area contributed by atoms with E-state index in [0.29, 0.717) is 36.8 Å². The van der Waals surface area contributed by atoms with Gasteiger partial charge in [-0.25, -0.2) is 9.37 Å². The zero-order valence-electron chi connectivity index (χ0n) is 32.3. The Kier molecular flexibility index (Phi) is 17.2. The lowest BCUT2D eigenvalue weighted by molar-refractivity contribution is -0.144. The van der Waals surface area contributed by atoms with Crippen LogP contribution in [0, 0.1) is 18.2 Å². The molecule has 2 aromatic carbocycles. The standard InChI is InChI=1S/C40H55FN6O6S.ClH/c1-24(27-12-14-29(15-13-27)36-25(2)44-23-54-36)45-38(51)33-19-31(48)20-47(33)39(52)37(40(3,4)5)46-35(50)9-7-6-8-28-11-10-26(18-32(28)41)21-53-22-30(42)16-17-34(43)49;/h10-15,18,23-24,30-31,33,37,48H,6-9,16-17,19-22,42H2,1-5H3,(H2,43,49)(H,45,51)(H,46,50);1H/t24-,30-,31+,33-,37+;/m0./s1. The third kappa shape index (κ3) is 13.3. The number of benzene rings is 2. The number of ether oxygens (including phenoxy) is 1. The molecule has 55 heavy (non-hydrogen) atoms. The van der Waals surface area contributed by atoms with Crippen molar-refractivity contribution in [1.29, 1.82) is 0 Å². The number of carbonyl (C=O) groups is 4. The van der Waals surface area contributed by atoms with E-state index in [2.05, 4.69) is 15.6 Å². The summed E-state index contributed by atoms with van der Waals surface area (Å²) in [6.45, 7) is 9.74. The molecule has 7 N–H and O–H groups in total. The normalized spacial score (nSPS) is 17.2. The Labute approximate surface area is 333 Å². The number of primary amides is 1. The molecule has 0 bridgehead atoms. The van der Waals surface area contributed by atoms with E-state index < -0.39 is 35.4 Å². The van der Waals surface area contributed by atoms with Crippen LogP contribution in [-0.2, 0) is 36.9 Å². The second-order valence-corrected chi connectivity index (χ2v) is 16.1. The molecule has 1 aromatic heterocycles. The molecule has 4 rings (SSSR count). The zero-order chi connectivity index (χ0) is 39.6. The van der Waals surface area contributed by atoms with Crippen molar-refractivity contribution in [3.05, 3.63) is 76.2 Å². The summed E-state index contributed by atoms with van der Waals surface area (Å²) in [5.74, 6) is -1.91. The van der Waals surface area contributed by atoms with Gasteiger partial charge in [0.05, 0.1) is 41.4 Å². The van der Waals surface area contributed by atoms with Gasteiger partial charge in [-0.1, -0.05) is 57.2 Å². The van der Waals surface area contributed by atoms with Crippen molar-refractivity contribution >= 4 is 47.4 Å². The van der Waals surface area contributed by atoms with Gasteiger partial charge in [-0.3, -0.25) is 19.2 Å². The average molecular weight is 803 g/mol. The minimum Gasteiger partial charge on any atom is -0.391 e. The van der Waals surface area contributed by atoms with Crippen LogP contribution in [0.5, 0.6) is 0 Å². The molecule has 4 amide bonds. The van der Waals surface area contributed by atoms with Crippen LogP contribution in [0.3, 0.4) is 0 Å². The monoisotopic (exact) mass is 802 g/mol. The van der Waals surface area contributed by atoms with E-state index in [1.165, 1.54) is 11.0 Å². The first-order chi connectivity index (χ1) is 25.5. The molecule has 0 saturated carbocycles. The molecule has 1 fully saturated rings. The molecule has 0 radical (unpaired) electrons. The number of hydrogen-bond acceptors (Lipinski definition) is 9. The van der Waals surface area contributed by atoms with Crippen molar-refractivity contribution in [2.24, 2.45) is 16.9 Å². The third-order valence-corrected chi connectivity index (χ3v) is 10.6. The zero-order valence-corrected chi connectivity index (χ0v) is 33.9. The number of aliphatic hydroxyl groups is 1. The van der Waals surface area contributed by atoms with Crippen molar-refractivity contribution in [3.63, 3.8) is 0 Å². The van der Waals surface area contributed by atoms with Gasteiger partial charge < -0.3 is 36.8 Å². The molecule has 0 unspecified atom stereocenters. The number of rotatable bonds is 18. The molecule has 0 spiro atoms. The quantitative estimate of drug-likeness (QED) is 0.113. The molecule has 5 atom stereocenters. The first kappa shape index (κ1) is 45.4. The Morgan fingerprint density at radius 2 is 1.80 bits per heavy atom. The number of halogens is 2. The van der Waals surface area contributed by atoms with Gasteiger partial charge in [-0.15, -0.1) is 23.7 Å². The molecule has 1 aliphatic heterocycles. The Bertz CT molecular complexity index is 1750. The maximum absolute atomic E-state index is 14.8. The number of nitrogens with zero attached hydrogens (tertiary/aromatic N) is 2. The number of β-amino-alcohol motifs (C(OH)–C–C–N with tert-alkyl or cyclic N) is 1. The number of nitrogens with two attached hydrogens (primary N) is 2. The summed E-state index contributed by atoms with van der Waals surface area (Å²) in [4.78, 5) is 58.4. The lowest BCUT2D eigenvalue weighted by Gasteiger charge is -2.35. The second-order valence-electron chi connectivity index (χ2n) is 15.3. The van der Waals surface area contributed by atoms with Crippen LogP contribution in [0.2, 0.25) is 0 Å². The number of unbranched alkanes of at least 4 members (excludes halogenated alkanes) is 1. The van der Waals surface area contributed by atoms with Crippen LogP contribution >= 0.6 is 23.7 Å². The second kappa shape index (κ2) is 20.8. The predicted octanol–water partition coefficient (Wildman–Crippen LogP) is 4.87. The topological polar surface area (TPSA) is 190 Å². The summed E-state index contributed by atoms with van der Waals surface area (Å²) >= 11 is 1.57. The molecule has 12 nitrogen and oxygen atoms in total. The van der Waals surface area contributed by atoms with Gasteiger partial charge in [0.2, 0.25) is 23.6 Å². The van der Waals surface area contributed by atoms with Crippen LogP contribution in [0.25, 0.3) is 10.4 Å². The van der Waals surface area contributed by atoms with Crippen molar-refractivity contribution in [1.82, 2.24) is 20.5 Å². The maximum atomic E-state index is 14.8. The largest absolute Gasteiger partial charge is 0.391 e. The van der Waals surface area contributed by atoms with Gasteiger partial charge in [0.25, 0.3) is 0 Å². The number of aryl methyl sites for hydroxylation is 2. The number of hydrogen-bond donors (Lipinski definition) is 5. The molecule has 1 aliphatic rings. The molecule has 15 heteroatoms. The molecular formula is C40H56ClFN6O6S. The molecular weight excluding hydrogens is 747 g/mol. The molecule has 3 aromatic rings.